The molecule has 9 nitrogen and oxygen atoms in total. The molecule has 2 unspecified atom stereocenters. The number of benzene rings is 1. The number of amides is 2. The first-order valence-corrected chi connectivity index (χ1v) is 9.57. The van der Waals surface area contributed by atoms with Gasteiger partial charge in [-0.1, -0.05) is 10.5 Å². The molecule has 2 atom stereocenters. The third-order valence-electron chi connectivity index (χ3n) is 4.50. The molecule has 0 saturated carbocycles. The minimum absolute atomic E-state index is 0.0414. The molecule has 0 aromatic heterocycles. The van der Waals surface area contributed by atoms with Gasteiger partial charge in [0.15, 0.2) is 0 Å². The fourth-order valence-corrected chi connectivity index (χ4v) is 4.03. The van der Waals surface area contributed by atoms with Crippen molar-refractivity contribution in [3.63, 3.8) is 0 Å². The maximum atomic E-state index is 12.9. The molecule has 10 heteroatoms. The Hall–Kier alpha value is -2.01. The monoisotopic (exact) mass is 383 g/mol. The average Bonchev–Trinajstić information content (AvgIpc) is 2.88. The predicted octanol–water partition coefficient (Wildman–Crippen LogP) is -0.544. The first-order chi connectivity index (χ1) is 12.3. The van der Waals surface area contributed by atoms with Crippen LogP contribution in [0, 0.1) is 5.92 Å². The van der Waals surface area contributed by atoms with Gasteiger partial charge in [0, 0.05) is 25.7 Å². The van der Waals surface area contributed by atoms with E-state index in [1.54, 1.807) is 11.0 Å². The smallest absolute Gasteiger partial charge is 0.264 e. The molecular weight excluding hydrogens is 362 g/mol. The van der Waals surface area contributed by atoms with Gasteiger partial charge in [-0.2, -0.15) is 0 Å². The summed E-state index contributed by atoms with van der Waals surface area (Å²) in [6.07, 6.45) is 0. The van der Waals surface area contributed by atoms with E-state index in [1.807, 2.05) is 0 Å². The van der Waals surface area contributed by atoms with Crippen LogP contribution < -0.4 is 5.32 Å². The molecule has 3 rings (SSSR count). The third-order valence-corrected chi connectivity index (χ3v) is 6.17. The zero-order valence-corrected chi connectivity index (χ0v) is 15.4. The van der Waals surface area contributed by atoms with Crippen molar-refractivity contribution in [3.8, 4) is 0 Å². The summed E-state index contributed by atoms with van der Waals surface area (Å²) >= 11 is 0. The number of hydrogen-bond acceptors (Lipinski definition) is 6. The maximum Gasteiger partial charge on any atom is 0.264 e. The molecular formula is C16H21N3O6S. The van der Waals surface area contributed by atoms with Crippen molar-refractivity contribution in [2.45, 2.75) is 10.9 Å². The average molecular weight is 383 g/mol. The van der Waals surface area contributed by atoms with Crippen molar-refractivity contribution in [2.75, 3.05) is 40.5 Å². The van der Waals surface area contributed by atoms with Gasteiger partial charge in [0.1, 0.15) is 0 Å². The molecule has 0 spiro atoms. The summed E-state index contributed by atoms with van der Waals surface area (Å²) in [6.45, 7) is 1.16. The van der Waals surface area contributed by atoms with Gasteiger partial charge in [-0.25, -0.2) is 8.42 Å². The first-order valence-electron chi connectivity index (χ1n) is 8.13. The fraction of sp³-hybridized carbons (Fsp3) is 0.500. The summed E-state index contributed by atoms with van der Waals surface area (Å²) in [5.41, 5.74) is 0.240. The van der Waals surface area contributed by atoms with Crippen LogP contribution in [0.15, 0.2) is 29.2 Å². The highest BCUT2D eigenvalue weighted by atomic mass is 32.2. The van der Waals surface area contributed by atoms with Crippen LogP contribution in [0.4, 0.5) is 0 Å². The summed E-state index contributed by atoms with van der Waals surface area (Å²) in [4.78, 5) is 31.3. The largest absolute Gasteiger partial charge is 0.378 e. The second-order valence-electron chi connectivity index (χ2n) is 6.28. The molecule has 0 aliphatic carbocycles. The number of carbonyl (C=O) groups excluding carboxylic acids is 2. The molecule has 1 aromatic rings. The topological polar surface area (TPSA) is 105 Å². The van der Waals surface area contributed by atoms with E-state index in [4.69, 9.17) is 9.57 Å². The van der Waals surface area contributed by atoms with Gasteiger partial charge >= 0.3 is 0 Å². The molecule has 1 aromatic carbocycles. The lowest BCUT2D eigenvalue weighted by atomic mass is 10.1. The lowest BCUT2D eigenvalue weighted by molar-refractivity contribution is -0.125. The summed E-state index contributed by atoms with van der Waals surface area (Å²) in [6, 6.07) is 5.51. The van der Waals surface area contributed by atoms with E-state index in [0.29, 0.717) is 13.2 Å². The van der Waals surface area contributed by atoms with Gasteiger partial charge in [-0.05, 0) is 18.2 Å². The Morgan fingerprint density at radius 1 is 1.35 bits per heavy atom. The van der Waals surface area contributed by atoms with Gasteiger partial charge in [0.05, 0.1) is 37.2 Å². The third kappa shape index (κ3) is 3.58. The Balaban J connectivity index is 1.87. The van der Waals surface area contributed by atoms with E-state index in [9.17, 15) is 18.0 Å². The molecule has 0 radical (unpaired) electrons. The zero-order chi connectivity index (χ0) is 18.9. The number of sulfonamides is 1. The van der Waals surface area contributed by atoms with Crippen LogP contribution in [0.5, 0.6) is 0 Å². The second-order valence-corrected chi connectivity index (χ2v) is 8.21. The minimum Gasteiger partial charge on any atom is -0.378 e. The minimum atomic E-state index is -3.85. The van der Waals surface area contributed by atoms with E-state index < -0.39 is 15.9 Å². The van der Waals surface area contributed by atoms with Crippen molar-refractivity contribution in [1.82, 2.24) is 14.7 Å². The van der Waals surface area contributed by atoms with Crippen LogP contribution >= 0.6 is 0 Å². The first kappa shape index (κ1) is 18.8. The molecule has 2 saturated heterocycles. The molecule has 2 amide bonds. The lowest BCUT2D eigenvalue weighted by Crippen LogP contribution is -2.44. The van der Waals surface area contributed by atoms with Gasteiger partial charge < -0.3 is 15.0 Å². The summed E-state index contributed by atoms with van der Waals surface area (Å²) in [5.74, 6) is -0.880. The number of carbonyl (C=O) groups is 2. The number of ether oxygens (including phenoxy) is 1. The molecule has 2 fully saturated rings. The van der Waals surface area contributed by atoms with E-state index >= 15 is 0 Å². The SMILES string of the molecule is CON(C)S(=O)(=O)c1cccc(C(=O)N2CC3COCC(C2)C(=O)N3)c1. The Morgan fingerprint density at radius 2 is 2.12 bits per heavy atom. The summed E-state index contributed by atoms with van der Waals surface area (Å²) in [7, 11) is -1.33. The number of nitrogens with one attached hydrogen (secondary N) is 1. The van der Waals surface area contributed by atoms with Crippen LogP contribution in [0.1, 0.15) is 10.4 Å². The number of hydrogen-bond donors (Lipinski definition) is 1. The van der Waals surface area contributed by atoms with Crippen molar-refractivity contribution >= 4 is 21.8 Å². The highest BCUT2D eigenvalue weighted by molar-refractivity contribution is 7.89. The zero-order valence-electron chi connectivity index (χ0n) is 14.5. The van der Waals surface area contributed by atoms with Crippen LogP contribution in [0.3, 0.4) is 0 Å². The lowest BCUT2D eigenvalue weighted by Gasteiger charge is -2.27. The standard InChI is InChI=1S/C16H21N3O6S/c1-18(24-2)26(22,23)14-5-3-4-11(6-14)16(21)19-7-12-9-25-10-13(8-19)17-15(12)20/h3-6,12-13H,7-10H2,1-2H3,(H,17,20). The van der Waals surface area contributed by atoms with E-state index in [2.05, 4.69) is 5.32 Å². The molecule has 26 heavy (non-hydrogen) atoms. The quantitative estimate of drug-likeness (QED) is 0.700. The number of hydroxylamine groups is 1. The molecule has 1 N–H and O–H groups in total. The highest BCUT2D eigenvalue weighted by Gasteiger charge is 2.35. The van der Waals surface area contributed by atoms with Crippen molar-refractivity contribution < 1.29 is 27.6 Å². The second kappa shape index (κ2) is 7.31. The van der Waals surface area contributed by atoms with Crippen LogP contribution in [-0.2, 0) is 24.4 Å². The van der Waals surface area contributed by atoms with Gasteiger partial charge in [-0.15, -0.1) is 0 Å². The van der Waals surface area contributed by atoms with Gasteiger partial charge in [0.2, 0.25) is 5.91 Å². The van der Waals surface area contributed by atoms with Crippen molar-refractivity contribution in [2.24, 2.45) is 5.92 Å². The Morgan fingerprint density at radius 3 is 2.85 bits per heavy atom. The molecule has 2 aliphatic rings. The molecule has 2 bridgehead atoms. The Labute approximate surface area is 151 Å². The van der Waals surface area contributed by atoms with E-state index in [1.165, 1.54) is 32.4 Å². The number of nitrogens with zero attached hydrogens (tertiary/aromatic N) is 2. The molecule has 142 valence electrons. The fourth-order valence-electron chi connectivity index (χ4n) is 3.01. The normalized spacial score (nSPS) is 23.5. The molecule has 2 aliphatic heterocycles. The van der Waals surface area contributed by atoms with Gasteiger partial charge in [0.25, 0.3) is 15.9 Å². The summed E-state index contributed by atoms with van der Waals surface area (Å²) in [5, 5.41) is 2.86. The Bertz CT molecular complexity index is 812. The van der Waals surface area contributed by atoms with Crippen LogP contribution in [0.25, 0.3) is 0 Å². The Kier molecular flexibility index (Phi) is 5.28. The molecule has 2 heterocycles. The highest BCUT2D eigenvalue weighted by Crippen LogP contribution is 2.20. The van der Waals surface area contributed by atoms with Crippen LogP contribution in [-0.4, -0.2) is 76.1 Å². The number of rotatable bonds is 4. The summed E-state index contributed by atoms with van der Waals surface area (Å²) < 4.78 is 30.9. The maximum absolute atomic E-state index is 12.9. The van der Waals surface area contributed by atoms with E-state index in [0.717, 1.165) is 4.47 Å². The number of fused-ring (bicyclic) bond motifs is 3. The van der Waals surface area contributed by atoms with Gasteiger partial charge in [-0.3, -0.25) is 14.4 Å². The van der Waals surface area contributed by atoms with Crippen LogP contribution in [0.2, 0.25) is 0 Å². The van der Waals surface area contributed by atoms with Crippen molar-refractivity contribution in [3.05, 3.63) is 29.8 Å². The predicted molar refractivity (Wildman–Crippen MR) is 90.5 cm³/mol. The van der Waals surface area contributed by atoms with Crippen molar-refractivity contribution in [1.29, 1.82) is 0 Å². The van der Waals surface area contributed by atoms with E-state index in [-0.39, 0.29) is 41.5 Å².